The SMILES string of the molecule is CC(CC(=O)CC(C)C)=NC(c1ccccc1)C(N=C(C)CC(=O)CC(C)C)c1ccccc1. The van der Waals surface area contributed by atoms with Crippen LogP contribution in [-0.4, -0.2) is 23.0 Å². The lowest BCUT2D eigenvalue weighted by molar-refractivity contribution is -0.119. The van der Waals surface area contributed by atoms with Gasteiger partial charge < -0.3 is 0 Å². The third-order valence-electron chi connectivity index (χ3n) is 5.48. The number of carbonyl (C=O) groups excluding carboxylic acids is 2. The van der Waals surface area contributed by atoms with Crippen molar-refractivity contribution in [1.29, 1.82) is 0 Å². The number of hydrogen-bond donors (Lipinski definition) is 0. The van der Waals surface area contributed by atoms with E-state index in [1.807, 2.05) is 50.2 Å². The maximum atomic E-state index is 12.5. The van der Waals surface area contributed by atoms with E-state index >= 15 is 0 Å². The Morgan fingerprint density at radius 2 is 0.941 bits per heavy atom. The number of rotatable bonds is 13. The van der Waals surface area contributed by atoms with Crippen molar-refractivity contribution in [3.05, 3.63) is 71.8 Å². The van der Waals surface area contributed by atoms with Crippen LogP contribution >= 0.6 is 0 Å². The Bertz CT molecular complexity index is 894. The highest BCUT2D eigenvalue weighted by molar-refractivity contribution is 6.01. The standard InChI is InChI=1S/C30H40N2O2/c1-21(2)17-27(33)19-23(5)31-29(25-13-9-7-10-14-25)30(26-15-11-8-12-16-26)32-24(6)20-28(34)18-22(3)4/h7-16,21-22,29-30H,17-20H2,1-6H3. The van der Waals surface area contributed by atoms with Crippen LogP contribution in [0.5, 0.6) is 0 Å². The lowest BCUT2D eigenvalue weighted by atomic mass is 9.93. The molecule has 0 saturated heterocycles. The van der Waals surface area contributed by atoms with Crippen LogP contribution in [0.15, 0.2) is 70.6 Å². The summed E-state index contributed by atoms with van der Waals surface area (Å²) in [4.78, 5) is 35.0. The number of benzene rings is 2. The Hall–Kier alpha value is -2.88. The molecule has 2 unspecified atom stereocenters. The second-order valence-corrected chi connectivity index (χ2v) is 10.1. The zero-order valence-electron chi connectivity index (χ0n) is 21.6. The van der Waals surface area contributed by atoms with E-state index in [0.717, 1.165) is 22.6 Å². The molecule has 0 amide bonds. The van der Waals surface area contributed by atoms with E-state index in [0.29, 0.717) is 37.5 Å². The van der Waals surface area contributed by atoms with E-state index in [1.165, 1.54) is 0 Å². The highest BCUT2D eigenvalue weighted by Crippen LogP contribution is 2.36. The predicted octanol–water partition coefficient (Wildman–Crippen LogP) is 7.40. The van der Waals surface area contributed by atoms with Gasteiger partial charge in [0.25, 0.3) is 0 Å². The van der Waals surface area contributed by atoms with Gasteiger partial charge in [-0.05, 0) is 36.8 Å². The van der Waals surface area contributed by atoms with Crippen molar-refractivity contribution >= 4 is 23.0 Å². The van der Waals surface area contributed by atoms with Gasteiger partial charge in [0.1, 0.15) is 23.7 Å². The van der Waals surface area contributed by atoms with Crippen LogP contribution in [0, 0.1) is 11.8 Å². The molecule has 0 N–H and O–H groups in total. The van der Waals surface area contributed by atoms with Crippen molar-refractivity contribution in [3.8, 4) is 0 Å². The molecule has 2 rings (SSSR count). The van der Waals surface area contributed by atoms with Gasteiger partial charge in [-0.15, -0.1) is 0 Å². The number of aliphatic imine (C=N–C) groups is 2. The van der Waals surface area contributed by atoms with E-state index < -0.39 is 0 Å². The lowest BCUT2D eigenvalue weighted by Gasteiger charge is -2.24. The number of Topliss-reactive ketones (excluding diaryl/α,β-unsaturated/α-hetero) is 2. The molecule has 0 fully saturated rings. The van der Waals surface area contributed by atoms with Crippen LogP contribution in [-0.2, 0) is 9.59 Å². The van der Waals surface area contributed by atoms with E-state index in [2.05, 4.69) is 52.0 Å². The third kappa shape index (κ3) is 9.54. The molecular formula is C30H40N2O2. The maximum Gasteiger partial charge on any atom is 0.138 e. The van der Waals surface area contributed by atoms with E-state index in [9.17, 15) is 9.59 Å². The van der Waals surface area contributed by atoms with Gasteiger partial charge in [0.05, 0.1) is 0 Å². The van der Waals surface area contributed by atoms with Crippen LogP contribution in [0.2, 0.25) is 0 Å². The molecule has 0 heterocycles. The van der Waals surface area contributed by atoms with Crippen molar-refractivity contribution in [1.82, 2.24) is 0 Å². The Balaban J connectivity index is 2.47. The molecule has 0 saturated carbocycles. The second kappa shape index (κ2) is 13.7. The third-order valence-corrected chi connectivity index (χ3v) is 5.48. The summed E-state index contributed by atoms with van der Waals surface area (Å²) in [6.45, 7) is 12.1. The Kier molecular flexibility index (Phi) is 11.1. The minimum atomic E-state index is -0.286. The first-order valence-electron chi connectivity index (χ1n) is 12.4. The van der Waals surface area contributed by atoms with Crippen LogP contribution < -0.4 is 0 Å². The van der Waals surface area contributed by atoms with Gasteiger partial charge in [0.15, 0.2) is 0 Å². The first kappa shape index (κ1) is 27.4. The largest absolute Gasteiger partial charge is 0.299 e. The Morgan fingerprint density at radius 1 is 0.618 bits per heavy atom. The number of hydrogen-bond acceptors (Lipinski definition) is 4. The highest BCUT2D eigenvalue weighted by atomic mass is 16.1. The minimum absolute atomic E-state index is 0.207. The van der Waals surface area contributed by atoms with Gasteiger partial charge in [-0.25, -0.2) is 0 Å². The fourth-order valence-corrected chi connectivity index (χ4v) is 4.15. The first-order chi connectivity index (χ1) is 16.2. The molecule has 182 valence electrons. The normalized spacial score (nSPS) is 14.4. The molecule has 2 atom stereocenters. The molecule has 34 heavy (non-hydrogen) atoms. The van der Waals surface area contributed by atoms with Gasteiger partial charge in [-0.1, -0.05) is 88.4 Å². The summed E-state index contributed by atoms with van der Waals surface area (Å²) in [7, 11) is 0. The molecule has 0 spiro atoms. The summed E-state index contributed by atoms with van der Waals surface area (Å²) in [6, 6.07) is 19.6. The van der Waals surface area contributed by atoms with Crippen LogP contribution in [0.25, 0.3) is 0 Å². The molecule has 0 aliphatic heterocycles. The van der Waals surface area contributed by atoms with Gasteiger partial charge in [-0.3, -0.25) is 19.6 Å². The van der Waals surface area contributed by atoms with Crippen LogP contribution in [0.4, 0.5) is 0 Å². The fraction of sp³-hybridized carbons (Fsp3) is 0.467. The average molecular weight is 461 g/mol. The Labute approximate surface area is 205 Å². The average Bonchev–Trinajstić information content (AvgIpc) is 2.76. The highest BCUT2D eigenvalue weighted by Gasteiger charge is 2.25. The molecule has 4 heteroatoms. The summed E-state index contributed by atoms with van der Waals surface area (Å²) < 4.78 is 0. The molecule has 4 nitrogen and oxygen atoms in total. The molecule has 2 aromatic carbocycles. The molecule has 0 bridgehead atoms. The van der Waals surface area contributed by atoms with Crippen LogP contribution in [0.3, 0.4) is 0 Å². The van der Waals surface area contributed by atoms with Crippen LogP contribution in [0.1, 0.15) is 90.4 Å². The monoisotopic (exact) mass is 460 g/mol. The van der Waals surface area contributed by atoms with Crippen molar-refractivity contribution in [2.45, 2.75) is 79.3 Å². The molecule has 0 radical (unpaired) electrons. The van der Waals surface area contributed by atoms with Gasteiger partial charge in [-0.2, -0.15) is 0 Å². The molecule has 0 aliphatic carbocycles. The fourth-order valence-electron chi connectivity index (χ4n) is 4.15. The lowest BCUT2D eigenvalue weighted by Crippen LogP contribution is -2.15. The summed E-state index contributed by atoms with van der Waals surface area (Å²) in [5, 5.41) is 0. The van der Waals surface area contributed by atoms with Gasteiger partial charge >= 0.3 is 0 Å². The van der Waals surface area contributed by atoms with Gasteiger partial charge in [0, 0.05) is 37.1 Å². The first-order valence-corrected chi connectivity index (χ1v) is 12.4. The van der Waals surface area contributed by atoms with Crippen molar-refractivity contribution in [3.63, 3.8) is 0 Å². The topological polar surface area (TPSA) is 58.9 Å². The van der Waals surface area contributed by atoms with Gasteiger partial charge in [0.2, 0.25) is 0 Å². The molecule has 0 aliphatic rings. The van der Waals surface area contributed by atoms with Crippen molar-refractivity contribution in [2.24, 2.45) is 21.8 Å². The summed E-state index contributed by atoms with van der Waals surface area (Å²) in [5.41, 5.74) is 3.70. The summed E-state index contributed by atoms with van der Waals surface area (Å²) in [6.07, 6.45) is 1.80. The van der Waals surface area contributed by atoms with E-state index in [4.69, 9.17) is 9.98 Å². The predicted molar refractivity (Wildman–Crippen MR) is 143 cm³/mol. The van der Waals surface area contributed by atoms with Crippen molar-refractivity contribution in [2.75, 3.05) is 0 Å². The Morgan fingerprint density at radius 3 is 1.24 bits per heavy atom. The quantitative estimate of drug-likeness (QED) is 0.292. The zero-order valence-corrected chi connectivity index (χ0v) is 21.6. The second-order valence-electron chi connectivity index (χ2n) is 10.1. The smallest absolute Gasteiger partial charge is 0.138 e. The molecule has 2 aromatic rings. The maximum absolute atomic E-state index is 12.5. The number of carbonyl (C=O) groups is 2. The minimum Gasteiger partial charge on any atom is -0.299 e. The molecular weight excluding hydrogens is 420 g/mol. The molecule has 0 aromatic heterocycles. The number of nitrogens with zero attached hydrogens (tertiary/aromatic N) is 2. The van der Waals surface area contributed by atoms with E-state index in [1.54, 1.807) is 0 Å². The summed E-state index contributed by atoms with van der Waals surface area (Å²) >= 11 is 0. The zero-order chi connectivity index (χ0) is 25.1. The van der Waals surface area contributed by atoms with Crippen molar-refractivity contribution < 1.29 is 9.59 Å². The number of ketones is 2. The summed E-state index contributed by atoms with van der Waals surface area (Å²) in [5.74, 6) is 1.08. The van der Waals surface area contributed by atoms with E-state index in [-0.39, 0.29) is 23.7 Å².